The second kappa shape index (κ2) is 11.4. The third-order valence-corrected chi connectivity index (χ3v) is 4.05. The molecule has 0 spiro atoms. The van der Waals surface area contributed by atoms with Crippen molar-refractivity contribution in [3.63, 3.8) is 0 Å². The highest BCUT2D eigenvalue weighted by atomic mass is 19.1. The first-order valence-corrected chi connectivity index (χ1v) is 9.25. The Balaban J connectivity index is 1.74. The van der Waals surface area contributed by atoms with Gasteiger partial charge in [-0.25, -0.2) is 9.18 Å². The van der Waals surface area contributed by atoms with Gasteiger partial charge in [-0.05, 0) is 41.8 Å². The van der Waals surface area contributed by atoms with Gasteiger partial charge in [-0.3, -0.25) is 9.59 Å². The maximum Gasteiger partial charge on any atom is 0.331 e. The second-order valence-electron chi connectivity index (χ2n) is 6.17. The maximum absolute atomic E-state index is 13.6. The van der Waals surface area contributed by atoms with Crippen molar-refractivity contribution in [2.75, 3.05) is 25.6 Å². The van der Waals surface area contributed by atoms with Gasteiger partial charge in [-0.15, -0.1) is 0 Å². The molecule has 158 valence electrons. The molecule has 0 fully saturated rings. The molecule has 0 heterocycles. The van der Waals surface area contributed by atoms with E-state index in [0.717, 1.165) is 18.1 Å². The predicted octanol–water partition coefficient (Wildman–Crippen LogP) is 2.71. The molecule has 2 rings (SSSR count). The highest BCUT2D eigenvalue weighted by Gasteiger charge is 2.09. The Kier molecular flexibility index (Phi) is 8.56. The summed E-state index contributed by atoms with van der Waals surface area (Å²) in [7, 11) is 1.35. The molecule has 0 saturated heterocycles. The van der Waals surface area contributed by atoms with Gasteiger partial charge < -0.3 is 20.1 Å². The van der Waals surface area contributed by atoms with Crippen LogP contribution in [0, 0.1) is 5.82 Å². The lowest BCUT2D eigenvalue weighted by molar-refractivity contribution is -0.143. The van der Waals surface area contributed by atoms with E-state index in [2.05, 4.69) is 10.6 Å². The van der Waals surface area contributed by atoms with Crippen LogP contribution in [0.4, 0.5) is 10.1 Å². The lowest BCUT2D eigenvalue weighted by Gasteiger charge is -2.10. The van der Waals surface area contributed by atoms with Gasteiger partial charge in [0.15, 0.2) is 18.2 Å². The molecule has 7 nitrogen and oxygen atoms in total. The summed E-state index contributed by atoms with van der Waals surface area (Å²) in [5.41, 5.74) is 2.10. The molecular formula is C22H23FN2O5. The molecule has 0 aromatic heterocycles. The standard InChI is InChI=1S/C22H23FN2O5/c1-3-16-6-4-5-7-18(16)25-20(26)13-24-21(27)14-30-22(28)11-9-15-8-10-19(29-2)17(23)12-15/h4-12H,3,13-14H2,1-2H3,(H,24,27)(H,25,26)/b11-9+. The lowest BCUT2D eigenvalue weighted by Crippen LogP contribution is -2.35. The van der Waals surface area contributed by atoms with Gasteiger partial charge in [0.1, 0.15) is 0 Å². The van der Waals surface area contributed by atoms with Gasteiger partial charge >= 0.3 is 5.97 Å². The van der Waals surface area contributed by atoms with E-state index in [1.165, 1.54) is 25.3 Å². The molecule has 0 aliphatic rings. The van der Waals surface area contributed by atoms with E-state index in [1.807, 2.05) is 19.1 Å². The number of nitrogens with one attached hydrogen (secondary N) is 2. The summed E-state index contributed by atoms with van der Waals surface area (Å²) < 4.78 is 23.2. The number of hydrogen-bond acceptors (Lipinski definition) is 5. The minimum absolute atomic E-state index is 0.0913. The lowest BCUT2D eigenvalue weighted by atomic mass is 10.1. The van der Waals surface area contributed by atoms with Crippen molar-refractivity contribution in [1.29, 1.82) is 0 Å². The molecule has 30 heavy (non-hydrogen) atoms. The summed E-state index contributed by atoms with van der Waals surface area (Å²) in [5, 5.41) is 5.09. The Labute approximate surface area is 173 Å². The highest BCUT2D eigenvalue weighted by molar-refractivity contribution is 5.95. The smallest absolute Gasteiger partial charge is 0.331 e. The van der Waals surface area contributed by atoms with Crippen molar-refractivity contribution in [2.45, 2.75) is 13.3 Å². The fourth-order valence-electron chi connectivity index (χ4n) is 2.51. The molecule has 0 radical (unpaired) electrons. The first kappa shape index (κ1) is 22.6. The third kappa shape index (κ3) is 7.05. The summed E-state index contributed by atoms with van der Waals surface area (Å²) in [6.07, 6.45) is 3.18. The Morgan fingerprint density at radius 1 is 1.10 bits per heavy atom. The van der Waals surface area contributed by atoms with E-state index in [-0.39, 0.29) is 12.3 Å². The van der Waals surface area contributed by atoms with Crippen LogP contribution in [0.2, 0.25) is 0 Å². The summed E-state index contributed by atoms with van der Waals surface area (Å²) in [5.74, 6) is -2.26. The molecule has 0 aliphatic carbocycles. The summed E-state index contributed by atoms with van der Waals surface area (Å²) in [6, 6.07) is 11.6. The number of carbonyl (C=O) groups excluding carboxylic acids is 3. The highest BCUT2D eigenvalue weighted by Crippen LogP contribution is 2.18. The average Bonchev–Trinajstić information content (AvgIpc) is 2.75. The van der Waals surface area contributed by atoms with Crippen LogP contribution in [-0.4, -0.2) is 38.0 Å². The molecule has 0 bridgehead atoms. The zero-order valence-electron chi connectivity index (χ0n) is 16.7. The quantitative estimate of drug-likeness (QED) is 0.486. The largest absolute Gasteiger partial charge is 0.494 e. The topological polar surface area (TPSA) is 93.7 Å². The van der Waals surface area contributed by atoms with Gasteiger partial charge in [-0.2, -0.15) is 0 Å². The van der Waals surface area contributed by atoms with Gasteiger partial charge in [0.05, 0.1) is 13.7 Å². The Bertz CT molecular complexity index is 943. The van der Waals surface area contributed by atoms with Crippen LogP contribution in [0.15, 0.2) is 48.5 Å². The van der Waals surface area contributed by atoms with Crippen molar-refractivity contribution in [1.82, 2.24) is 5.32 Å². The molecule has 2 aromatic rings. The number of para-hydroxylation sites is 1. The molecular weight excluding hydrogens is 391 g/mol. The first-order valence-electron chi connectivity index (χ1n) is 9.25. The number of esters is 1. The molecule has 0 unspecified atom stereocenters. The van der Waals surface area contributed by atoms with E-state index in [1.54, 1.807) is 18.2 Å². The maximum atomic E-state index is 13.6. The van der Waals surface area contributed by atoms with Crippen LogP contribution in [0.5, 0.6) is 5.75 Å². The van der Waals surface area contributed by atoms with Crippen LogP contribution < -0.4 is 15.4 Å². The van der Waals surface area contributed by atoms with Crippen LogP contribution >= 0.6 is 0 Å². The van der Waals surface area contributed by atoms with Crippen LogP contribution in [0.3, 0.4) is 0 Å². The fourth-order valence-corrected chi connectivity index (χ4v) is 2.51. The molecule has 2 N–H and O–H groups in total. The number of benzene rings is 2. The minimum Gasteiger partial charge on any atom is -0.494 e. The number of carbonyl (C=O) groups is 3. The summed E-state index contributed by atoms with van der Waals surface area (Å²) in [4.78, 5) is 35.4. The SMILES string of the molecule is CCc1ccccc1NC(=O)CNC(=O)COC(=O)/C=C/c1ccc(OC)c(F)c1. The first-order chi connectivity index (χ1) is 14.4. The monoisotopic (exact) mass is 414 g/mol. The summed E-state index contributed by atoms with van der Waals surface area (Å²) >= 11 is 0. The Morgan fingerprint density at radius 2 is 1.87 bits per heavy atom. The molecule has 0 saturated carbocycles. The normalized spacial score (nSPS) is 10.5. The van der Waals surface area contributed by atoms with Crippen molar-refractivity contribution in [3.8, 4) is 5.75 Å². The van der Waals surface area contributed by atoms with Crippen LogP contribution in [0.25, 0.3) is 6.08 Å². The van der Waals surface area contributed by atoms with E-state index in [0.29, 0.717) is 11.3 Å². The van der Waals surface area contributed by atoms with E-state index < -0.39 is 30.2 Å². The molecule has 0 atom stereocenters. The number of anilines is 1. The molecule has 2 aromatic carbocycles. The van der Waals surface area contributed by atoms with E-state index >= 15 is 0 Å². The summed E-state index contributed by atoms with van der Waals surface area (Å²) in [6.45, 7) is 1.18. The number of aryl methyl sites for hydroxylation is 1. The zero-order valence-corrected chi connectivity index (χ0v) is 16.7. The molecule has 0 aliphatic heterocycles. The van der Waals surface area contributed by atoms with Crippen LogP contribution in [-0.2, 0) is 25.5 Å². The van der Waals surface area contributed by atoms with Gasteiger partial charge in [0, 0.05) is 11.8 Å². The van der Waals surface area contributed by atoms with Crippen molar-refractivity contribution >= 4 is 29.5 Å². The molecule has 8 heteroatoms. The average molecular weight is 414 g/mol. The number of hydrogen-bond donors (Lipinski definition) is 2. The van der Waals surface area contributed by atoms with E-state index in [4.69, 9.17) is 9.47 Å². The number of methoxy groups -OCH3 is 1. The van der Waals surface area contributed by atoms with Crippen LogP contribution in [0.1, 0.15) is 18.1 Å². The number of rotatable bonds is 9. The Morgan fingerprint density at radius 3 is 2.57 bits per heavy atom. The number of halogens is 1. The van der Waals surface area contributed by atoms with Crippen molar-refractivity contribution < 1.29 is 28.2 Å². The Hall–Kier alpha value is -3.68. The zero-order chi connectivity index (χ0) is 21.9. The third-order valence-electron chi connectivity index (χ3n) is 4.05. The van der Waals surface area contributed by atoms with Gasteiger partial charge in [-0.1, -0.05) is 31.2 Å². The predicted molar refractivity (Wildman–Crippen MR) is 110 cm³/mol. The van der Waals surface area contributed by atoms with E-state index in [9.17, 15) is 18.8 Å². The van der Waals surface area contributed by atoms with Gasteiger partial charge in [0.25, 0.3) is 5.91 Å². The number of ether oxygens (including phenoxy) is 2. The molecule has 2 amide bonds. The van der Waals surface area contributed by atoms with Crippen molar-refractivity contribution in [3.05, 3.63) is 65.5 Å². The number of amides is 2. The fraction of sp³-hybridized carbons (Fsp3) is 0.227. The minimum atomic E-state index is -0.775. The van der Waals surface area contributed by atoms with Gasteiger partial charge in [0.2, 0.25) is 5.91 Å². The van der Waals surface area contributed by atoms with Crippen molar-refractivity contribution in [2.24, 2.45) is 0 Å². The second-order valence-corrected chi connectivity index (χ2v) is 6.17.